The van der Waals surface area contributed by atoms with Gasteiger partial charge in [0.25, 0.3) is 0 Å². The van der Waals surface area contributed by atoms with E-state index in [1.807, 2.05) is 6.92 Å². The monoisotopic (exact) mass is 306 g/mol. The minimum Gasteiger partial charge on any atom is -0.393 e. The number of rotatable bonds is 4. The van der Waals surface area contributed by atoms with Crippen molar-refractivity contribution in [2.75, 3.05) is 0 Å². The van der Waals surface area contributed by atoms with Crippen LogP contribution in [0.2, 0.25) is 0 Å². The molecule has 0 heterocycles. The Morgan fingerprint density at radius 2 is 2.09 bits per heavy atom. The fourth-order valence-electron chi connectivity index (χ4n) is 4.23. The van der Waals surface area contributed by atoms with Crippen LogP contribution in [0, 0.1) is 23.2 Å². The maximum atomic E-state index is 12.6. The fraction of sp³-hybridized carbons (Fsp3) is 0.789. The standard InChI is InChI=1S/C19H30O3/c1-12-6-9-17(21)13(2)5-8-16-15(12)11-19(16,4)18(22)10-7-14(3)20/h13-16,20H,1,5-11H2,2-4H3/t13-,14?,15-,16-,19-/m0/s1. The molecule has 3 heteroatoms. The molecular weight excluding hydrogens is 276 g/mol. The Morgan fingerprint density at radius 1 is 1.41 bits per heavy atom. The summed E-state index contributed by atoms with van der Waals surface area (Å²) >= 11 is 0. The van der Waals surface area contributed by atoms with Crippen molar-refractivity contribution in [1.29, 1.82) is 0 Å². The minimum atomic E-state index is -0.420. The molecule has 5 atom stereocenters. The maximum Gasteiger partial charge on any atom is 0.139 e. The van der Waals surface area contributed by atoms with Crippen LogP contribution < -0.4 is 0 Å². The largest absolute Gasteiger partial charge is 0.393 e. The molecule has 0 aromatic heterocycles. The summed E-state index contributed by atoms with van der Waals surface area (Å²) in [6, 6.07) is 0. The number of carbonyl (C=O) groups is 2. The summed E-state index contributed by atoms with van der Waals surface area (Å²) in [6.45, 7) is 10.0. The van der Waals surface area contributed by atoms with E-state index in [4.69, 9.17) is 0 Å². The van der Waals surface area contributed by atoms with E-state index in [-0.39, 0.29) is 17.1 Å². The van der Waals surface area contributed by atoms with Crippen LogP contribution in [-0.4, -0.2) is 22.8 Å². The summed E-state index contributed by atoms with van der Waals surface area (Å²) < 4.78 is 0. The zero-order valence-electron chi connectivity index (χ0n) is 14.2. The van der Waals surface area contributed by atoms with Gasteiger partial charge in [-0.25, -0.2) is 0 Å². The summed E-state index contributed by atoms with van der Waals surface area (Å²) in [5, 5.41) is 9.41. The molecule has 0 spiro atoms. The quantitative estimate of drug-likeness (QED) is 0.806. The first-order chi connectivity index (χ1) is 10.3. The molecule has 2 saturated carbocycles. The highest BCUT2D eigenvalue weighted by molar-refractivity contribution is 5.86. The Bertz CT molecular complexity index is 465. The average Bonchev–Trinajstić information content (AvgIpc) is 2.49. The lowest BCUT2D eigenvalue weighted by Crippen LogP contribution is -2.51. The molecule has 1 unspecified atom stereocenters. The predicted molar refractivity (Wildman–Crippen MR) is 87.4 cm³/mol. The van der Waals surface area contributed by atoms with Gasteiger partial charge in [0.2, 0.25) is 0 Å². The lowest BCUT2D eigenvalue weighted by atomic mass is 9.49. The Hall–Kier alpha value is -0.960. The van der Waals surface area contributed by atoms with Gasteiger partial charge in [-0.2, -0.15) is 0 Å². The van der Waals surface area contributed by atoms with E-state index in [0.717, 1.165) is 31.3 Å². The van der Waals surface area contributed by atoms with Crippen molar-refractivity contribution in [2.45, 2.75) is 71.8 Å². The molecule has 2 fully saturated rings. The van der Waals surface area contributed by atoms with Gasteiger partial charge in [0, 0.05) is 24.2 Å². The molecule has 0 bridgehead atoms. The van der Waals surface area contributed by atoms with Crippen LogP contribution in [0.5, 0.6) is 0 Å². The maximum absolute atomic E-state index is 12.6. The number of allylic oxidation sites excluding steroid dienone is 1. The van der Waals surface area contributed by atoms with Gasteiger partial charge in [0.05, 0.1) is 6.10 Å². The molecule has 0 radical (unpaired) electrons. The van der Waals surface area contributed by atoms with E-state index < -0.39 is 6.10 Å². The molecule has 0 amide bonds. The van der Waals surface area contributed by atoms with Crippen LogP contribution in [-0.2, 0) is 9.59 Å². The van der Waals surface area contributed by atoms with Crippen LogP contribution in [0.15, 0.2) is 12.2 Å². The number of carbonyl (C=O) groups excluding carboxylic acids is 2. The van der Waals surface area contributed by atoms with Crippen LogP contribution in [0.1, 0.15) is 65.7 Å². The highest BCUT2D eigenvalue weighted by Crippen LogP contribution is 2.58. The van der Waals surface area contributed by atoms with Crippen molar-refractivity contribution in [2.24, 2.45) is 23.2 Å². The number of hydrogen-bond donors (Lipinski definition) is 1. The molecule has 0 aromatic rings. The number of fused-ring (bicyclic) bond motifs is 1. The molecule has 3 nitrogen and oxygen atoms in total. The van der Waals surface area contributed by atoms with E-state index in [0.29, 0.717) is 36.9 Å². The van der Waals surface area contributed by atoms with E-state index >= 15 is 0 Å². The fourth-order valence-corrected chi connectivity index (χ4v) is 4.23. The number of hydrogen-bond acceptors (Lipinski definition) is 3. The van der Waals surface area contributed by atoms with Crippen molar-refractivity contribution >= 4 is 11.6 Å². The summed E-state index contributed by atoms with van der Waals surface area (Å²) in [5.74, 6) is 1.45. The van der Waals surface area contributed by atoms with Crippen molar-refractivity contribution in [3.63, 3.8) is 0 Å². The summed E-state index contributed by atoms with van der Waals surface area (Å²) in [4.78, 5) is 24.7. The highest BCUT2D eigenvalue weighted by Gasteiger charge is 2.54. The Balaban J connectivity index is 2.09. The zero-order valence-corrected chi connectivity index (χ0v) is 14.2. The van der Waals surface area contributed by atoms with Crippen molar-refractivity contribution < 1.29 is 14.7 Å². The normalized spacial score (nSPS) is 37.4. The van der Waals surface area contributed by atoms with Gasteiger partial charge in [-0.3, -0.25) is 9.59 Å². The van der Waals surface area contributed by atoms with Gasteiger partial charge in [0.1, 0.15) is 11.6 Å². The first kappa shape index (κ1) is 17.4. The number of ketones is 2. The summed E-state index contributed by atoms with van der Waals surface area (Å²) in [6.07, 6.45) is 4.66. The van der Waals surface area contributed by atoms with Crippen molar-refractivity contribution in [3.05, 3.63) is 12.2 Å². The third-order valence-corrected chi connectivity index (χ3v) is 6.05. The Morgan fingerprint density at radius 3 is 2.73 bits per heavy atom. The third kappa shape index (κ3) is 3.34. The van der Waals surface area contributed by atoms with Crippen molar-refractivity contribution in [3.8, 4) is 0 Å². The zero-order chi connectivity index (χ0) is 16.5. The smallest absolute Gasteiger partial charge is 0.139 e. The van der Waals surface area contributed by atoms with Gasteiger partial charge in [-0.1, -0.05) is 26.0 Å². The second-order valence-corrected chi connectivity index (χ2v) is 7.75. The molecular formula is C19H30O3. The predicted octanol–water partition coefficient (Wildman–Crippen LogP) is 3.69. The van der Waals surface area contributed by atoms with E-state index in [9.17, 15) is 14.7 Å². The van der Waals surface area contributed by atoms with E-state index in [1.165, 1.54) is 0 Å². The lowest BCUT2D eigenvalue weighted by molar-refractivity contribution is -0.143. The first-order valence-corrected chi connectivity index (χ1v) is 8.67. The second kappa shape index (κ2) is 6.66. The Labute approximate surface area is 134 Å². The average molecular weight is 306 g/mol. The highest BCUT2D eigenvalue weighted by atomic mass is 16.3. The van der Waals surface area contributed by atoms with E-state index in [1.54, 1.807) is 6.92 Å². The molecule has 2 aliphatic carbocycles. The second-order valence-electron chi connectivity index (χ2n) is 7.75. The number of aliphatic hydroxyl groups excluding tert-OH is 1. The summed E-state index contributed by atoms with van der Waals surface area (Å²) in [7, 11) is 0. The van der Waals surface area contributed by atoms with Gasteiger partial charge >= 0.3 is 0 Å². The topological polar surface area (TPSA) is 54.4 Å². The molecule has 0 saturated heterocycles. The van der Waals surface area contributed by atoms with Crippen molar-refractivity contribution in [1.82, 2.24) is 0 Å². The molecule has 124 valence electrons. The molecule has 2 aliphatic rings. The van der Waals surface area contributed by atoms with Gasteiger partial charge in [0.15, 0.2) is 0 Å². The first-order valence-electron chi connectivity index (χ1n) is 8.67. The SMILES string of the molecule is C=C1CCC(=O)[C@@H](C)CC[C@H]2[C@H]1C[C@]2(C)C(=O)CCC(C)O. The third-order valence-electron chi connectivity index (χ3n) is 6.05. The van der Waals surface area contributed by atoms with Crippen LogP contribution >= 0.6 is 0 Å². The van der Waals surface area contributed by atoms with Gasteiger partial charge in [-0.15, -0.1) is 0 Å². The molecule has 2 rings (SSSR count). The molecule has 0 aromatic carbocycles. The lowest BCUT2D eigenvalue weighted by Gasteiger charge is -2.53. The van der Waals surface area contributed by atoms with Crippen LogP contribution in [0.25, 0.3) is 0 Å². The number of aliphatic hydroxyl groups is 1. The van der Waals surface area contributed by atoms with E-state index in [2.05, 4.69) is 13.5 Å². The molecule has 22 heavy (non-hydrogen) atoms. The number of Topliss-reactive ketones (excluding diaryl/α,β-unsaturated/α-hetero) is 2. The van der Waals surface area contributed by atoms with Crippen LogP contribution in [0.3, 0.4) is 0 Å². The molecule has 0 aliphatic heterocycles. The minimum absolute atomic E-state index is 0.101. The summed E-state index contributed by atoms with van der Waals surface area (Å²) in [5.41, 5.74) is 0.878. The van der Waals surface area contributed by atoms with Gasteiger partial charge < -0.3 is 5.11 Å². The van der Waals surface area contributed by atoms with Crippen LogP contribution in [0.4, 0.5) is 0 Å². The molecule has 1 N–H and O–H groups in total. The van der Waals surface area contributed by atoms with Gasteiger partial charge in [-0.05, 0) is 50.9 Å². The Kier molecular flexibility index (Phi) is 5.26.